The molecule has 0 bridgehead atoms. The molecule has 0 heterocycles. The third-order valence-corrected chi connectivity index (χ3v) is 7.40. The molecule has 0 aliphatic rings. The number of hydrogen-bond donors (Lipinski definition) is 1. The van der Waals surface area contributed by atoms with E-state index in [2.05, 4.69) is 6.08 Å². The maximum Gasteiger partial charge on any atom is 1.00 e. The van der Waals surface area contributed by atoms with E-state index in [0.717, 1.165) is 18.4 Å². The van der Waals surface area contributed by atoms with E-state index in [1.54, 1.807) is 0 Å². The molecule has 0 aromatic heterocycles. The second-order valence-corrected chi connectivity index (χ2v) is 9.98. The molecule has 0 saturated carbocycles. The Morgan fingerprint density at radius 1 is 1.00 bits per heavy atom. The summed E-state index contributed by atoms with van der Waals surface area (Å²) < 4.78 is 22.0. The zero-order valence-corrected chi connectivity index (χ0v) is 28.0. The molecule has 0 saturated heterocycles. The van der Waals surface area contributed by atoms with Gasteiger partial charge in [0.15, 0.2) is 0 Å². The average Bonchev–Trinajstić information content (AvgIpc) is 2.42. The molecule has 0 aliphatic heterocycles. The van der Waals surface area contributed by atoms with Gasteiger partial charge in [-0.2, -0.15) is 0 Å². The number of benzene rings is 1. The van der Waals surface area contributed by atoms with Crippen LogP contribution >= 0.6 is 15.2 Å². The first-order valence-electron chi connectivity index (χ1n) is 7.76. The Morgan fingerprint density at radius 3 is 1.81 bits per heavy atom. The van der Waals surface area contributed by atoms with Crippen LogP contribution in [-0.2, 0) is 22.0 Å². The smallest absolute Gasteiger partial charge is 0.810 e. The number of hydrogen-bond acceptors (Lipinski definition) is 5. The van der Waals surface area contributed by atoms with Crippen molar-refractivity contribution in [3.05, 3.63) is 47.0 Å². The molecular weight excluding hydrogens is 467 g/mol. The summed E-state index contributed by atoms with van der Waals surface area (Å²) in [6.07, 6.45) is 4.26. The minimum atomic E-state index is -5.38. The normalized spacial score (nSPS) is 13.9. The van der Waals surface area contributed by atoms with Gasteiger partial charge in [0, 0.05) is 0 Å². The third-order valence-electron chi connectivity index (χ3n) is 3.68. The van der Waals surface area contributed by atoms with E-state index in [1.165, 1.54) is 11.1 Å². The summed E-state index contributed by atoms with van der Waals surface area (Å²) in [7, 11) is -10.6. The van der Waals surface area contributed by atoms with Crippen molar-refractivity contribution < 1.29 is 183 Å². The molecular formula is C16H23K3O6P2. The first-order valence-corrected chi connectivity index (χ1v) is 11.0. The predicted molar refractivity (Wildman–Crippen MR) is 88.4 cm³/mol. The van der Waals surface area contributed by atoms with E-state index < -0.39 is 27.0 Å². The fourth-order valence-electron chi connectivity index (χ4n) is 2.39. The number of rotatable bonds is 9. The van der Waals surface area contributed by atoms with E-state index in [4.69, 9.17) is 4.89 Å². The fourth-order valence-corrected chi connectivity index (χ4v) is 4.83. The average molecular weight is 491 g/mol. The van der Waals surface area contributed by atoms with Crippen molar-refractivity contribution in [3.63, 3.8) is 0 Å². The maximum atomic E-state index is 11.0. The molecule has 0 fully saturated rings. The molecule has 27 heavy (non-hydrogen) atoms. The largest absolute Gasteiger partial charge is 1.00 e. The van der Waals surface area contributed by atoms with Crippen molar-refractivity contribution in [3.8, 4) is 0 Å². The van der Waals surface area contributed by atoms with Gasteiger partial charge < -0.3 is 28.7 Å². The number of allylic oxidation sites excluding steroid dienone is 2. The van der Waals surface area contributed by atoms with Gasteiger partial charge in [-0.15, -0.1) is 0 Å². The molecule has 1 N–H and O–H groups in total. The Balaban J connectivity index is -0.00000192. The van der Waals surface area contributed by atoms with Crippen molar-refractivity contribution in [2.45, 2.75) is 51.4 Å². The minimum Gasteiger partial charge on any atom is -0.810 e. The molecule has 0 aliphatic carbocycles. The van der Waals surface area contributed by atoms with Crippen molar-refractivity contribution in [2.75, 3.05) is 0 Å². The van der Waals surface area contributed by atoms with Gasteiger partial charge in [0.25, 0.3) is 0 Å². The monoisotopic (exact) mass is 490 g/mol. The molecule has 11 heteroatoms. The van der Waals surface area contributed by atoms with Crippen LogP contribution in [0, 0.1) is 0 Å². The zero-order valence-electron chi connectivity index (χ0n) is 16.9. The molecule has 0 amide bonds. The molecule has 136 valence electrons. The zero-order chi connectivity index (χ0) is 18.4. The predicted octanol–water partition coefficient (Wildman–Crippen LogP) is -7.29. The quantitative estimate of drug-likeness (QED) is 0.208. The Morgan fingerprint density at radius 2 is 1.44 bits per heavy atom. The Hall–Kier alpha value is 4.17. The molecule has 0 spiro atoms. The van der Waals surface area contributed by atoms with Crippen LogP contribution < -0.4 is 169 Å². The van der Waals surface area contributed by atoms with Crippen molar-refractivity contribution in [2.24, 2.45) is 0 Å². The van der Waals surface area contributed by atoms with Gasteiger partial charge in [-0.3, -0.25) is 0 Å². The first kappa shape index (κ1) is 35.8. The topological polar surface area (TPSA) is 124 Å². The van der Waals surface area contributed by atoms with Gasteiger partial charge >= 0.3 is 154 Å². The molecule has 1 aromatic carbocycles. The maximum absolute atomic E-state index is 11.0. The molecule has 2 atom stereocenters. The van der Waals surface area contributed by atoms with E-state index in [1.807, 2.05) is 38.1 Å². The summed E-state index contributed by atoms with van der Waals surface area (Å²) in [6.45, 7) is 4.10. The van der Waals surface area contributed by atoms with E-state index >= 15 is 0 Å². The van der Waals surface area contributed by atoms with Crippen LogP contribution in [0.3, 0.4) is 0 Å². The van der Waals surface area contributed by atoms with Crippen molar-refractivity contribution >= 4 is 15.2 Å². The molecule has 0 radical (unpaired) electrons. The van der Waals surface area contributed by atoms with Crippen LogP contribution in [0.4, 0.5) is 0 Å². The molecule has 1 rings (SSSR count). The van der Waals surface area contributed by atoms with Gasteiger partial charge in [-0.05, 0) is 57.1 Å². The van der Waals surface area contributed by atoms with Crippen LogP contribution in [0.25, 0.3) is 0 Å². The Bertz CT molecular complexity index is 629. The van der Waals surface area contributed by atoms with Crippen LogP contribution in [0.2, 0.25) is 0 Å². The standard InChI is InChI=1S/C16H26O6P2.3K/c1-13(2)5-3-6-14-9-11-15(12-10-14)7-4-8-16(23(17,18)19)24(20,21)22;;;/h5,9-12,16H,3-4,6-8H2,1-2H3,(H2,17,18,19)(H2,20,21,22);;;/q;3*+1/p-3. The third kappa shape index (κ3) is 16.4. The summed E-state index contributed by atoms with van der Waals surface area (Å²) in [5.74, 6) is 0. The molecule has 1 aromatic rings. The van der Waals surface area contributed by atoms with Crippen LogP contribution in [0.15, 0.2) is 35.9 Å². The van der Waals surface area contributed by atoms with Gasteiger partial charge in [0.2, 0.25) is 0 Å². The summed E-state index contributed by atoms with van der Waals surface area (Å²) in [4.78, 5) is 41.8. The van der Waals surface area contributed by atoms with E-state index in [0.29, 0.717) is 6.42 Å². The van der Waals surface area contributed by atoms with E-state index in [-0.39, 0.29) is 161 Å². The SMILES string of the molecule is CC(C)=CCCc1ccc(CCCC(P(=O)([O-])[O-])P(=O)([O-])O)cc1.[K+].[K+].[K+]. The summed E-state index contributed by atoms with van der Waals surface area (Å²) in [5, 5.41) is -2.24. The minimum absolute atomic E-state index is 0. The van der Waals surface area contributed by atoms with Crippen molar-refractivity contribution in [1.82, 2.24) is 0 Å². The summed E-state index contributed by atoms with van der Waals surface area (Å²) in [5.41, 5.74) is 3.37. The summed E-state index contributed by atoms with van der Waals surface area (Å²) in [6, 6.07) is 7.75. The molecule has 6 nitrogen and oxygen atoms in total. The van der Waals surface area contributed by atoms with Crippen molar-refractivity contribution in [1.29, 1.82) is 0 Å². The Kier molecular flexibility index (Phi) is 23.3. The van der Waals surface area contributed by atoms with Gasteiger partial charge in [0.05, 0.1) is 5.40 Å². The number of aryl methyl sites for hydroxylation is 2. The van der Waals surface area contributed by atoms with Gasteiger partial charge in [-0.25, -0.2) is 0 Å². The fraction of sp³-hybridized carbons (Fsp3) is 0.500. The second kappa shape index (κ2) is 17.6. The summed E-state index contributed by atoms with van der Waals surface area (Å²) >= 11 is 0. The van der Waals surface area contributed by atoms with Crippen LogP contribution in [0.1, 0.15) is 44.2 Å². The Labute approximate surface area is 289 Å². The van der Waals surface area contributed by atoms with Gasteiger partial charge in [0.1, 0.15) is 7.60 Å². The van der Waals surface area contributed by atoms with Gasteiger partial charge in [-0.1, -0.05) is 43.5 Å². The second-order valence-electron chi connectivity index (χ2n) is 6.11. The molecule has 2 unspecified atom stereocenters. The van der Waals surface area contributed by atoms with Crippen LogP contribution in [-0.4, -0.2) is 10.3 Å². The van der Waals surface area contributed by atoms with Crippen LogP contribution in [0.5, 0.6) is 0 Å². The first-order chi connectivity index (χ1) is 11.0. The van der Waals surface area contributed by atoms with E-state index in [9.17, 15) is 23.8 Å².